The number of nitrogens with zero attached hydrogens (tertiary/aromatic N) is 1. The average Bonchev–Trinajstić information content (AvgIpc) is 3.04. The zero-order chi connectivity index (χ0) is 25.6. The molecular formula is C25H28N4O6. The van der Waals surface area contributed by atoms with Crippen LogP contribution in [0.15, 0.2) is 48.5 Å². The number of rotatable bonds is 8. The summed E-state index contributed by atoms with van der Waals surface area (Å²) in [5.74, 6) is -1.49. The number of benzene rings is 2. The topological polar surface area (TPSA) is 134 Å². The molecule has 2 aromatic carbocycles. The zero-order valence-electron chi connectivity index (χ0n) is 19.8. The zero-order valence-corrected chi connectivity index (χ0v) is 19.8. The summed E-state index contributed by atoms with van der Waals surface area (Å²) in [6, 6.07) is 13.4. The van der Waals surface area contributed by atoms with Crippen molar-refractivity contribution >= 4 is 35.4 Å². The van der Waals surface area contributed by atoms with Crippen molar-refractivity contribution in [1.82, 2.24) is 15.5 Å². The Kier molecular flexibility index (Phi) is 7.85. The molecule has 5 amide bonds. The number of hydrogen-bond donors (Lipinski definition) is 3. The minimum Gasteiger partial charge on any atom is -0.444 e. The molecule has 10 nitrogen and oxygen atoms in total. The molecule has 1 heterocycles. The summed E-state index contributed by atoms with van der Waals surface area (Å²) < 4.78 is 5.07. The molecule has 35 heavy (non-hydrogen) atoms. The Morgan fingerprint density at radius 3 is 2.03 bits per heavy atom. The highest BCUT2D eigenvalue weighted by molar-refractivity contribution is 6.21. The van der Waals surface area contributed by atoms with Crippen LogP contribution in [0.4, 0.5) is 10.5 Å². The lowest BCUT2D eigenvalue weighted by molar-refractivity contribution is -0.121. The summed E-state index contributed by atoms with van der Waals surface area (Å²) in [6.07, 6.45) is -0.689. The fourth-order valence-corrected chi connectivity index (χ4v) is 3.32. The minimum atomic E-state index is -0.679. The fraction of sp³-hybridized carbons (Fsp3) is 0.320. The average molecular weight is 481 g/mol. The van der Waals surface area contributed by atoms with Gasteiger partial charge in [-0.3, -0.25) is 24.1 Å². The quantitative estimate of drug-likeness (QED) is 0.497. The molecule has 3 rings (SSSR count). The molecule has 0 unspecified atom stereocenters. The van der Waals surface area contributed by atoms with Gasteiger partial charge in [-0.2, -0.15) is 0 Å². The highest BCUT2D eigenvalue weighted by atomic mass is 16.6. The summed E-state index contributed by atoms with van der Waals surface area (Å²) in [4.78, 5) is 61.6. The van der Waals surface area contributed by atoms with Gasteiger partial charge in [0.25, 0.3) is 11.8 Å². The lowest BCUT2D eigenvalue weighted by Gasteiger charge is -2.19. The lowest BCUT2D eigenvalue weighted by Crippen LogP contribution is -2.37. The monoisotopic (exact) mass is 480 g/mol. The van der Waals surface area contributed by atoms with Crippen LogP contribution < -0.4 is 16.0 Å². The van der Waals surface area contributed by atoms with Gasteiger partial charge in [-0.15, -0.1) is 0 Å². The van der Waals surface area contributed by atoms with Crippen LogP contribution in [0.25, 0.3) is 0 Å². The van der Waals surface area contributed by atoms with Crippen molar-refractivity contribution in [2.45, 2.75) is 39.3 Å². The van der Waals surface area contributed by atoms with E-state index >= 15 is 0 Å². The van der Waals surface area contributed by atoms with Crippen molar-refractivity contribution in [1.29, 1.82) is 0 Å². The molecule has 1 aliphatic heterocycles. The SMILES string of the molecule is CC(C)(C)OC(=O)NCC(=O)Nc1ccc(CNC(=O)CCN2C(=O)c3ccccc3C2=O)cc1. The first-order valence-corrected chi connectivity index (χ1v) is 11.1. The van der Waals surface area contributed by atoms with Gasteiger partial charge in [-0.25, -0.2) is 4.79 Å². The van der Waals surface area contributed by atoms with E-state index in [0.717, 1.165) is 10.5 Å². The van der Waals surface area contributed by atoms with Crippen LogP contribution in [-0.2, 0) is 20.9 Å². The van der Waals surface area contributed by atoms with Gasteiger partial charge in [0, 0.05) is 25.2 Å². The Balaban J connectivity index is 1.39. The molecule has 0 bridgehead atoms. The summed E-state index contributed by atoms with van der Waals surface area (Å²) >= 11 is 0. The maximum atomic E-state index is 12.4. The van der Waals surface area contributed by atoms with E-state index in [0.29, 0.717) is 16.8 Å². The van der Waals surface area contributed by atoms with Crippen LogP contribution in [-0.4, -0.2) is 53.3 Å². The number of fused-ring (bicyclic) bond motifs is 1. The second kappa shape index (κ2) is 10.8. The smallest absolute Gasteiger partial charge is 0.408 e. The molecule has 1 aliphatic rings. The molecule has 10 heteroatoms. The van der Waals surface area contributed by atoms with Crippen molar-refractivity contribution in [3.05, 3.63) is 65.2 Å². The van der Waals surface area contributed by atoms with Gasteiger partial charge in [0.1, 0.15) is 12.1 Å². The molecule has 0 spiro atoms. The van der Waals surface area contributed by atoms with E-state index in [9.17, 15) is 24.0 Å². The molecule has 184 valence electrons. The van der Waals surface area contributed by atoms with Crippen LogP contribution in [0.3, 0.4) is 0 Å². The molecule has 0 radical (unpaired) electrons. The van der Waals surface area contributed by atoms with Crippen LogP contribution in [0.5, 0.6) is 0 Å². The number of anilines is 1. The summed E-state index contributed by atoms with van der Waals surface area (Å²) in [6.45, 7) is 5.19. The molecule has 0 fully saturated rings. The van der Waals surface area contributed by atoms with Crippen molar-refractivity contribution in [3.8, 4) is 0 Å². The molecule has 0 aliphatic carbocycles. The van der Waals surface area contributed by atoms with Crippen LogP contribution in [0.1, 0.15) is 53.5 Å². The van der Waals surface area contributed by atoms with Gasteiger partial charge in [-0.1, -0.05) is 24.3 Å². The number of carbonyl (C=O) groups excluding carboxylic acids is 5. The predicted octanol–water partition coefficient (Wildman–Crippen LogP) is 2.45. The maximum absolute atomic E-state index is 12.4. The third kappa shape index (κ3) is 7.13. The number of nitrogens with one attached hydrogen (secondary N) is 3. The number of imide groups is 1. The van der Waals surface area contributed by atoms with E-state index in [2.05, 4.69) is 16.0 Å². The Bertz CT molecular complexity index is 1100. The van der Waals surface area contributed by atoms with Gasteiger partial charge in [0.15, 0.2) is 0 Å². The predicted molar refractivity (Wildman–Crippen MR) is 128 cm³/mol. The highest BCUT2D eigenvalue weighted by Crippen LogP contribution is 2.22. The highest BCUT2D eigenvalue weighted by Gasteiger charge is 2.34. The van der Waals surface area contributed by atoms with E-state index in [1.165, 1.54) is 0 Å². The van der Waals surface area contributed by atoms with E-state index in [1.54, 1.807) is 69.3 Å². The third-order valence-electron chi connectivity index (χ3n) is 4.96. The van der Waals surface area contributed by atoms with Crippen molar-refractivity contribution in [3.63, 3.8) is 0 Å². The molecule has 2 aromatic rings. The Labute approximate surface area is 203 Å². The Morgan fingerprint density at radius 2 is 1.46 bits per heavy atom. The number of amides is 5. The Hall–Kier alpha value is -4.21. The summed E-state index contributed by atoms with van der Waals surface area (Å²) in [5, 5.41) is 7.78. The van der Waals surface area contributed by atoms with Gasteiger partial charge < -0.3 is 20.7 Å². The van der Waals surface area contributed by atoms with Crippen LogP contribution >= 0.6 is 0 Å². The molecule has 0 saturated heterocycles. The fourth-order valence-electron chi connectivity index (χ4n) is 3.32. The molecular weight excluding hydrogens is 452 g/mol. The van der Waals surface area contributed by atoms with Gasteiger partial charge in [-0.05, 0) is 50.6 Å². The Morgan fingerprint density at radius 1 is 0.857 bits per heavy atom. The van der Waals surface area contributed by atoms with E-state index in [4.69, 9.17) is 4.74 Å². The lowest BCUT2D eigenvalue weighted by atomic mass is 10.1. The second-order valence-corrected chi connectivity index (χ2v) is 8.93. The first-order valence-electron chi connectivity index (χ1n) is 11.1. The maximum Gasteiger partial charge on any atom is 0.408 e. The van der Waals surface area contributed by atoms with E-state index in [-0.39, 0.29) is 32.0 Å². The normalized spacial score (nSPS) is 12.7. The standard InChI is InChI=1S/C25H28N4O6/c1-25(2,3)35-24(34)27-15-21(31)28-17-10-8-16(9-11-17)14-26-20(30)12-13-29-22(32)18-6-4-5-7-19(18)23(29)33/h4-11H,12-15H2,1-3H3,(H,26,30)(H,27,34)(H,28,31). The molecule has 3 N–H and O–H groups in total. The van der Waals surface area contributed by atoms with E-state index in [1.807, 2.05) is 0 Å². The molecule has 0 atom stereocenters. The number of ether oxygens (including phenoxy) is 1. The second-order valence-electron chi connectivity index (χ2n) is 8.93. The first kappa shape index (κ1) is 25.4. The van der Waals surface area contributed by atoms with Gasteiger partial charge >= 0.3 is 6.09 Å². The first-order chi connectivity index (χ1) is 16.5. The summed E-state index contributed by atoms with van der Waals surface area (Å²) in [5.41, 5.74) is 1.38. The molecule has 0 aromatic heterocycles. The van der Waals surface area contributed by atoms with Gasteiger partial charge in [0.05, 0.1) is 11.1 Å². The van der Waals surface area contributed by atoms with Crippen molar-refractivity contribution < 1.29 is 28.7 Å². The van der Waals surface area contributed by atoms with Crippen LogP contribution in [0.2, 0.25) is 0 Å². The minimum absolute atomic E-state index is 0.000476. The number of hydrogen-bond acceptors (Lipinski definition) is 6. The van der Waals surface area contributed by atoms with Gasteiger partial charge in [0.2, 0.25) is 11.8 Å². The summed E-state index contributed by atoms with van der Waals surface area (Å²) in [7, 11) is 0. The van der Waals surface area contributed by atoms with E-state index < -0.39 is 29.4 Å². The van der Waals surface area contributed by atoms with Crippen molar-refractivity contribution in [2.24, 2.45) is 0 Å². The number of carbonyl (C=O) groups is 5. The largest absolute Gasteiger partial charge is 0.444 e. The third-order valence-corrected chi connectivity index (χ3v) is 4.96. The molecule has 0 saturated carbocycles. The van der Waals surface area contributed by atoms with Crippen molar-refractivity contribution in [2.75, 3.05) is 18.4 Å². The van der Waals surface area contributed by atoms with Crippen LogP contribution in [0, 0.1) is 0 Å². The number of alkyl carbamates (subject to hydrolysis) is 1.